The van der Waals surface area contributed by atoms with E-state index in [0.29, 0.717) is 24.7 Å². The topological polar surface area (TPSA) is 77.0 Å². The maximum absolute atomic E-state index is 11.1. The highest BCUT2D eigenvalue weighted by molar-refractivity contribution is 5.72. The number of aryl methyl sites for hydroxylation is 2. The van der Waals surface area contributed by atoms with Crippen molar-refractivity contribution in [3.63, 3.8) is 0 Å². The summed E-state index contributed by atoms with van der Waals surface area (Å²) in [6.45, 7) is 7.01. The lowest BCUT2D eigenvalue weighted by molar-refractivity contribution is -0.137. The highest BCUT2D eigenvalue weighted by atomic mass is 16.5. The van der Waals surface area contributed by atoms with Crippen molar-refractivity contribution in [2.24, 2.45) is 0 Å². The number of benzene rings is 3. The largest absolute Gasteiger partial charge is 0.492 e. The summed E-state index contributed by atoms with van der Waals surface area (Å²) in [6.07, 6.45) is 1.36. The van der Waals surface area contributed by atoms with Crippen molar-refractivity contribution in [1.82, 2.24) is 5.32 Å². The lowest BCUT2D eigenvalue weighted by atomic mass is 9.94. The number of rotatable bonds is 8. The Morgan fingerprint density at radius 1 is 1.09 bits per heavy atom. The van der Waals surface area contributed by atoms with Gasteiger partial charge in [-0.3, -0.25) is 4.79 Å². The molecule has 0 spiro atoms. The van der Waals surface area contributed by atoms with Crippen LogP contribution in [0.4, 0.5) is 0 Å². The Kier molecular flexibility index (Phi) is 6.64. The zero-order valence-corrected chi connectivity index (χ0v) is 20.2. The van der Waals surface area contributed by atoms with E-state index in [0.717, 1.165) is 42.0 Å². The number of carboxylic acid groups (broad SMARTS) is 1. The molecule has 2 aliphatic heterocycles. The van der Waals surface area contributed by atoms with Gasteiger partial charge in [-0.15, -0.1) is 0 Å². The van der Waals surface area contributed by atoms with Crippen molar-refractivity contribution in [3.8, 4) is 28.4 Å². The Morgan fingerprint density at radius 3 is 2.66 bits per heavy atom. The average Bonchev–Trinajstić information content (AvgIpc) is 3.47. The second kappa shape index (κ2) is 10.0. The Hall–Kier alpha value is -3.51. The molecule has 3 aromatic carbocycles. The Morgan fingerprint density at radius 2 is 1.91 bits per heavy atom. The first-order valence-corrected chi connectivity index (χ1v) is 12.2. The highest BCUT2D eigenvalue weighted by Crippen LogP contribution is 2.38. The minimum absolute atomic E-state index is 0.0731. The van der Waals surface area contributed by atoms with Crippen molar-refractivity contribution in [2.45, 2.75) is 45.3 Å². The van der Waals surface area contributed by atoms with Crippen LogP contribution < -0.4 is 19.5 Å². The van der Waals surface area contributed by atoms with Crippen molar-refractivity contribution >= 4 is 5.97 Å². The molecule has 0 bridgehead atoms. The molecule has 6 heteroatoms. The van der Waals surface area contributed by atoms with Gasteiger partial charge in [-0.25, -0.2) is 0 Å². The van der Waals surface area contributed by atoms with Crippen molar-refractivity contribution in [2.75, 3.05) is 19.7 Å². The van der Waals surface area contributed by atoms with Crippen LogP contribution in [0.25, 0.3) is 11.1 Å². The fourth-order valence-electron chi connectivity index (χ4n) is 5.08. The third kappa shape index (κ3) is 5.28. The molecule has 182 valence electrons. The van der Waals surface area contributed by atoms with Crippen molar-refractivity contribution in [3.05, 3.63) is 76.9 Å². The first-order chi connectivity index (χ1) is 17.0. The van der Waals surface area contributed by atoms with Crippen LogP contribution in [0.3, 0.4) is 0 Å². The van der Waals surface area contributed by atoms with Gasteiger partial charge < -0.3 is 24.6 Å². The maximum atomic E-state index is 11.1. The van der Waals surface area contributed by atoms with Gasteiger partial charge in [0.25, 0.3) is 0 Å². The molecule has 3 aromatic rings. The van der Waals surface area contributed by atoms with E-state index in [1.165, 1.54) is 16.7 Å². The number of nitrogens with one attached hydrogen (secondary N) is 1. The first kappa shape index (κ1) is 23.2. The molecule has 1 fully saturated rings. The fourth-order valence-corrected chi connectivity index (χ4v) is 5.08. The molecule has 2 heterocycles. The molecule has 1 saturated heterocycles. The second-order valence-corrected chi connectivity index (χ2v) is 9.46. The summed E-state index contributed by atoms with van der Waals surface area (Å²) in [5, 5.41) is 12.4. The van der Waals surface area contributed by atoms with E-state index >= 15 is 0 Å². The Bertz CT molecular complexity index is 1210. The minimum Gasteiger partial charge on any atom is -0.492 e. The zero-order chi connectivity index (χ0) is 24.4. The molecule has 0 unspecified atom stereocenters. The molecule has 2 atom stereocenters. The molecular weight excluding hydrogens is 442 g/mol. The number of hydrogen-bond acceptors (Lipinski definition) is 5. The van der Waals surface area contributed by atoms with Crippen molar-refractivity contribution < 1.29 is 24.1 Å². The van der Waals surface area contributed by atoms with Gasteiger partial charge in [0, 0.05) is 24.1 Å². The van der Waals surface area contributed by atoms with Gasteiger partial charge >= 0.3 is 5.97 Å². The Balaban J connectivity index is 1.28. The molecule has 2 aliphatic rings. The molecule has 0 aliphatic carbocycles. The number of carbonyl (C=O) groups is 1. The fraction of sp³-hybridized carbons (Fsp3) is 0.345. The number of aliphatic carboxylic acids is 1. The van der Waals surface area contributed by atoms with E-state index in [1.54, 1.807) is 0 Å². The van der Waals surface area contributed by atoms with E-state index < -0.39 is 5.97 Å². The average molecular weight is 474 g/mol. The monoisotopic (exact) mass is 473 g/mol. The van der Waals surface area contributed by atoms with E-state index in [-0.39, 0.29) is 18.4 Å². The van der Waals surface area contributed by atoms with Crippen LogP contribution in [-0.2, 0) is 11.4 Å². The number of ether oxygens (including phenoxy) is 3. The summed E-state index contributed by atoms with van der Waals surface area (Å²) in [7, 11) is 0. The summed E-state index contributed by atoms with van der Waals surface area (Å²) in [4.78, 5) is 11.1. The Labute approximate surface area is 205 Å². The van der Waals surface area contributed by atoms with Crippen LogP contribution in [0, 0.1) is 13.8 Å². The van der Waals surface area contributed by atoms with Crippen LogP contribution in [0.1, 0.15) is 41.0 Å². The van der Waals surface area contributed by atoms with Crippen molar-refractivity contribution in [1.29, 1.82) is 0 Å². The van der Waals surface area contributed by atoms with E-state index in [1.807, 2.05) is 18.2 Å². The SMILES string of the molecule is Cc1cc(O[C@@H]2CCNC2)cc(C)c1-c1cccc(COc2ccc3c(c2)OC[C@H]3CC(=O)O)c1. The third-order valence-corrected chi connectivity index (χ3v) is 6.73. The lowest BCUT2D eigenvalue weighted by Gasteiger charge is -2.17. The summed E-state index contributed by atoms with van der Waals surface area (Å²) in [6, 6.07) is 18.3. The molecule has 0 radical (unpaired) electrons. The van der Waals surface area contributed by atoms with Gasteiger partial charge in [0.15, 0.2) is 0 Å². The lowest BCUT2D eigenvalue weighted by Crippen LogP contribution is -2.19. The molecule has 5 rings (SSSR count). The van der Waals surface area contributed by atoms with Crippen LogP contribution >= 0.6 is 0 Å². The van der Waals surface area contributed by atoms with E-state index in [4.69, 9.17) is 19.3 Å². The zero-order valence-electron chi connectivity index (χ0n) is 20.2. The third-order valence-electron chi connectivity index (χ3n) is 6.73. The molecule has 0 saturated carbocycles. The van der Waals surface area contributed by atoms with Crippen LogP contribution in [0.5, 0.6) is 17.2 Å². The van der Waals surface area contributed by atoms with Gasteiger partial charge in [-0.05, 0) is 78.9 Å². The van der Waals surface area contributed by atoms with Crippen LogP contribution in [-0.4, -0.2) is 36.9 Å². The second-order valence-electron chi connectivity index (χ2n) is 9.46. The van der Waals surface area contributed by atoms with Crippen LogP contribution in [0.15, 0.2) is 54.6 Å². The number of carboxylic acids is 1. The number of hydrogen-bond donors (Lipinski definition) is 2. The normalized spacial score (nSPS) is 18.7. The molecule has 0 aromatic heterocycles. The molecule has 6 nitrogen and oxygen atoms in total. The van der Waals surface area contributed by atoms with Gasteiger partial charge in [0.1, 0.15) is 30.0 Å². The molecular formula is C29H31NO5. The summed E-state index contributed by atoms with van der Waals surface area (Å²) >= 11 is 0. The minimum atomic E-state index is -0.814. The molecule has 0 amide bonds. The van der Waals surface area contributed by atoms with Crippen LogP contribution in [0.2, 0.25) is 0 Å². The smallest absolute Gasteiger partial charge is 0.304 e. The molecule has 35 heavy (non-hydrogen) atoms. The van der Waals surface area contributed by atoms with Gasteiger partial charge in [-0.1, -0.05) is 24.3 Å². The van der Waals surface area contributed by atoms with Gasteiger partial charge in [0.05, 0.1) is 13.0 Å². The number of fused-ring (bicyclic) bond motifs is 1. The summed E-state index contributed by atoms with van der Waals surface area (Å²) in [5.74, 6) is 1.43. The maximum Gasteiger partial charge on any atom is 0.304 e. The van der Waals surface area contributed by atoms with Gasteiger partial charge in [0.2, 0.25) is 0 Å². The quantitative estimate of drug-likeness (QED) is 0.466. The highest BCUT2D eigenvalue weighted by Gasteiger charge is 2.26. The van der Waals surface area contributed by atoms with E-state index in [2.05, 4.69) is 55.6 Å². The predicted octanol–water partition coefficient (Wildman–Crippen LogP) is 5.24. The van der Waals surface area contributed by atoms with E-state index in [9.17, 15) is 4.79 Å². The first-order valence-electron chi connectivity index (χ1n) is 12.2. The standard InChI is InChI=1S/C29H31NO5/c1-18-10-25(35-24-8-9-30-15-24)11-19(2)29(18)21-5-3-4-20(12-21)16-33-23-6-7-26-22(13-28(31)32)17-34-27(26)14-23/h3-7,10-12,14,22,24,30H,8-9,13,15-17H2,1-2H3,(H,31,32)/t22-,24-/m1/s1. The summed E-state index contributed by atoms with van der Waals surface area (Å²) in [5.41, 5.74) is 6.77. The molecule has 2 N–H and O–H groups in total. The predicted molar refractivity (Wildman–Crippen MR) is 135 cm³/mol. The summed E-state index contributed by atoms with van der Waals surface area (Å²) < 4.78 is 17.9. The van der Waals surface area contributed by atoms with Gasteiger partial charge in [-0.2, -0.15) is 0 Å².